The summed E-state index contributed by atoms with van der Waals surface area (Å²) in [6.45, 7) is 2.44. The summed E-state index contributed by atoms with van der Waals surface area (Å²) in [5.41, 5.74) is 0.554. The van der Waals surface area contributed by atoms with Crippen molar-refractivity contribution >= 4 is 5.91 Å². The van der Waals surface area contributed by atoms with Crippen LogP contribution in [0.5, 0.6) is 5.88 Å². The number of aromatic nitrogens is 1. The van der Waals surface area contributed by atoms with Crippen LogP contribution in [0.25, 0.3) is 0 Å². The number of rotatable bonds is 6. The zero-order valence-electron chi connectivity index (χ0n) is 13.3. The highest BCUT2D eigenvalue weighted by Crippen LogP contribution is 2.18. The predicted octanol–water partition coefficient (Wildman–Crippen LogP) is 1.99. The summed E-state index contributed by atoms with van der Waals surface area (Å²) in [4.78, 5) is 19.8. The van der Waals surface area contributed by atoms with E-state index >= 15 is 0 Å². The van der Waals surface area contributed by atoms with E-state index in [1.165, 1.54) is 4.90 Å². The molecule has 1 amide bonds. The maximum absolute atomic E-state index is 12.2. The lowest BCUT2D eigenvalue weighted by molar-refractivity contribution is 0.0826. The molecule has 1 aromatic rings. The number of carbonyl (C=O) groups excluding carboxylic acids is 1. The molecule has 0 aliphatic carbocycles. The molecular weight excluding hydrogens is 285 g/mol. The normalized spacial score (nSPS) is 16.5. The van der Waals surface area contributed by atoms with Gasteiger partial charge in [-0.1, -0.05) is 0 Å². The number of piperidine rings is 1. The molecule has 0 N–H and O–H groups in total. The molecule has 1 saturated heterocycles. The third kappa shape index (κ3) is 4.66. The quantitative estimate of drug-likeness (QED) is 0.806. The Labute approximate surface area is 131 Å². The fraction of sp³-hybridized carbons (Fsp3) is 0.625. The molecule has 1 aliphatic heterocycles. The van der Waals surface area contributed by atoms with Crippen LogP contribution in [0.4, 0.5) is 4.39 Å². The smallest absolute Gasteiger partial charge is 0.254 e. The molecule has 1 aliphatic rings. The van der Waals surface area contributed by atoms with Gasteiger partial charge >= 0.3 is 0 Å². The van der Waals surface area contributed by atoms with Gasteiger partial charge in [-0.2, -0.15) is 0 Å². The Kier molecular flexibility index (Phi) is 6.12. The van der Waals surface area contributed by atoms with Gasteiger partial charge in [0.25, 0.3) is 5.91 Å². The highest BCUT2D eigenvalue weighted by atomic mass is 19.1. The highest BCUT2D eigenvalue weighted by Gasteiger charge is 2.20. The van der Waals surface area contributed by atoms with Crippen molar-refractivity contribution in [3.8, 4) is 5.88 Å². The van der Waals surface area contributed by atoms with Crippen LogP contribution in [-0.2, 0) is 0 Å². The Morgan fingerprint density at radius 1 is 1.41 bits per heavy atom. The Morgan fingerprint density at radius 2 is 2.14 bits per heavy atom. The fourth-order valence-corrected chi connectivity index (χ4v) is 2.54. The first-order valence-corrected chi connectivity index (χ1v) is 7.73. The Hall–Kier alpha value is -1.69. The molecule has 1 fully saturated rings. The zero-order valence-corrected chi connectivity index (χ0v) is 13.3. The van der Waals surface area contributed by atoms with E-state index in [1.807, 2.05) is 0 Å². The maximum atomic E-state index is 12.2. The van der Waals surface area contributed by atoms with Gasteiger partial charge in [-0.25, -0.2) is 4.98 Å². The average Bonchev–Trinajstić information content (AvgIpc) is 2.54. The number of carbonyl (C=O) groups is 1. The zero-order chi connectivity index (χ0) is 15.9. The number of hydrogen-bond donors (Lipinski definition) is 0. The second-order valence-corrected chi connectivity index (χ2v) is 5.79. The lowest BCUT2D eigenvalue weighted by Gasteiger charge is -2.31. The molecule has 6 heteroatoms. The first-order chi connectivity index (χ1) is 10.6. The van der Waals surface area contributed by atoms with Crippen molar-refractivity contribution in [2.24, 2.45) is 0 Å². The first kappa shape index (κ1) is 16.7. The van der Waals surface area contributed by atoms with Gasteiger partial charge in [0.05, 0.1) is 12.2 Å². The number of halogens is 1. The fourth-order valence-electron chi connectivity index (χ4n) is 2.54. The minimum Gasteiger partial charge on any atom is -0.474 e. The SMILES string of the molecule is CN(C)C(=O)c1ccc(OC2CCN(CCCF)CC2)nc1. The second kappa shape index (κ2) is 8.08. The molecule has 0 atom stereocenters. The number of likely N-dealkylation sites (tertiary alicyclic amines) is 1. The van der Waals surface area contributed by atoms with Crippen LogP contribution < -0.4 is 4.74 Å². The van der Waals surface area contributed by atoms with Crippen LogP contribution in [0.1, 0.15) is 29.6 Å². The minimum atomic E-state index is -0.252. The molecule has 2 rings (SSSR count). The van der Waals surface area contributed by atoms with E-state index in [0.717, 1.165) is 32.5 Å². The van der Waals surface area contributed by atoms with Gasteiger partial charge in [0.1, 0.15) is 6.10 Å². The number of amides is 1. The van der Waals surface area contributed by atoms with E-state index in [9.17, 15) is 9.18 Å². The van der Waals surface area contributed by atoms with Crippen molar-refractivity contribution < 1.29 is 13.9 Å². The number of hydrogen-bond acceptors (Lipinski definition) is 4. The molecule has 2 heterocycles. The Morgan fingerprint density at radius 3 is 2.68 bits per heavy atom. The molecule has 1 aromatic heterocycles. The van der Waals surface area contributed by atoms with E-state index in [1.54, 1.807) is 32.4 Å². The van der Waals surface area contributed by atoms with Gasteiger partial charge in [-0.05, 0) is 25.3 Å². The van der Waals surface area contributed by atoms with E-state index in [2.05, 4.69) is 9.88 Å². The van der Waals surface area contributed by atoms with Crippen LogP contribution in [0.2, 0.25) is 0 Å². The molecule has 122 valence electrons. The number of ether oxygens (including phenoxy) is 1. The molecule has 0 radical (unpaired) electrons. The van der Waals surface area contributed by atoms with E-state index < -0.39 is 0 Å². The summed E-state index contributed by atoms with van der Waals surface area (Å²) in [5, 5.41) is 0. The minimum absolute atomic E-state index is 0.0692. The molecular formula is C16H24FN3O2. The van der Waals surface area contributed by atoms with Crippen molar-refractivity contribution in [3.05, 3.63) is 23.9 Å². The summed E-state index contributed by atoms with van der Waals surface area (Å²) in [5.74, 6) is 0.484. The molecule has 0 unspecified atom stereocenters. The van der Waals surface area contributed by atoms with Crippen LogP contribution in [0, 0.1) is 0 Å². The Balaban J connectivity index is 1.81. The molecule has 0 spiro atoms. The summed E-state index contributed by atoms with van der Waals surface area (Å²) in [6.07, 6.45) is 4.14. The topological polar surface area (TPSA) is 45.7 Å². The largest absolute Gasteiger partial charge is 0.474 e. The van der Waals surface area contributed by atoms with Crippen molar-refractivity contribution in [3.63, 3.8) is 0 Å². The standard InChI is InChI=1S/C16H24FN3O2/c1-19(2)16(21)13-4-5-15(18-12-13)22-14-6-10-20(11-7-14)9-3-8-17/h4-5,12,14H,3,6-11H2,1-2H3. The number of nitrogens with zero attached hydrogens (tertiary/aromatic N) is 3. The van der Waals surface area contributed by atoms with Crippen LogP contribution in [-0.4, -0.2) is 67.2 Å². The van der Waals surface area contributed by atoms with Crippen LogP contribution in [0.15, 0.2) is 18.3 Å². The van der Waals surface area contributed by atoms with Crippen molar-refractivity contribution in [2.75, 3.05) is 40.4 Å². The van der Waals surface area contributed by atoms with Gasteiger partial charge in [0.15, 0.2) is 0 Å². The molecule has 0 saturated carbocycles. The second-order valence-electron chi connectivity index (χ2n) is 5.79. The van der Waals surface area contributed by atoms with Crippen molar-refractivity contribution in [1.29, 1.82) is 0 Å². The maximum Gasteiger partial charge on any atom is 0.254 e. The van der Waals surface area contributed by atoms with Gasteiger partial charge in [-0.3, -0.25) is 9.18 Å². The number of pyridine rings is 1. The van der Waals surface area contributed by atoms with Crippen molar-refractivity contribution in [2.45, 2.75) is 25.4 Å². The highest BCUT2D eigenvalue weighted by molar-refractivity contribution is 5.93. The third-order valence-corrected chi connectivity index (χ3v) is 3.82. The summed E-state index contributed by atoms with van der Waals surface area (Å²) in [6, 6.07) is 3.48. The van der Waals surface area contributed by atoms with Gasteiger partial charge < -0.3 is 14.5 Å². The monoisotopic (exact) mass is 309 g/mol. The summed E-state index contributed by atoms with van der Waals surface area (Å²) in [7, 11) is 3.42. The number of alkyl halides is 1. The van der Waals surface area contributed by atoms with Gasteiger partial charge in [0.2, 0.25) is 5.88 Å². The van der Waals surface area contributed by atoms with E-state index in [-0.39, 0.29) is 18.7 Å². The summed E-state index contributed by atoms with van der Waals surface area (Å²) < 4.78 is 18.0. The molecule has 5 nitrogen and oxygen atoms in total. The van der Waals surface area contributed by atoms with E-state index in [4.69, 9.17) is 4.74 Å². The average molecular weight is 309 g/mol. The third-order valence-electron chi connectivity index (χ3n) is 3.82. The predicted molar refractivity (Wildman–Crippen MR) is 82.9 cm³/mol. The van der Waals surface area contributed by atoms with E-state index in [0.29, 0.717) is 17.9 Å². The molecule has 0 aromatic carbocycles. The summed E-state index contributed by atoms with van der Waals surface area (Å²) >= 11 is 0. The first-order valence-electron chi connectivity index (χ1n) is 7.73. The van der Waals surface area contributed by atoms with Gasteiger partial charge in [0, 0.05) is 46.0 Å². The Bertz CT molecular complexity index is 471. The van der Waals surface area contributed by atoms with Crippen molar-refractivity contribution in [1.82, 2.24) is 14.8 Å². The lowest BCUT2D eigenvalue weighted by atomic mass is 10.1. The molecule has 0 bridgehead atoms. The lowest BCUT2D eigenvalue weighted by Crippen LogP contribution is -2.38. The van der Waals surface area contributed by atoms with Crippen LogP contribution >= 0.6 is 0 Å². The van der Waals surface area contributed by atoms with Crippen LogP contribution in [0.3, 0.4) is 0 Å². The van der Waals surface area contributed by atoms with Gasteiger partial charge in [-0.15, -0.1) is 0 Å². The molecule has 22 heavy (non-hydrogen) atoms.